The highest BCUT2D eigenvalue weighted by atomic mass is 35.5. The van der Waals surface area contributed by atoms with Gasteiger partial charge >= 0.3 is 5.51 Å². The maximum atomic E-state index is 13.1. The van der Waals surface area contributed by atoms with Gasteiger partial charge in [0.1, 0.15) is 23.9 Å². The van der Waals surface area contributed by atoms with Crippen molar-refractivity contribution in [2.24, 2.45) is 5.92 Å². The molecule has 1 aliphatic carbocycles. The predicted molar refractivity (Wildman–Crippen MR) is 123 cm³/mol. The number of ketones is 1. The van der Waals surface area contributed by atoms with E-state index in [4.69, 9.17) is 11.6 Å². The quantitative estimate of drug-likeness (QED) is 0.314. The summed E-state index contributed by atoms with van der Waals surface area (Å²) < 4.78 is 39.7. The first-order valence-electron chi connectivity index (χ1n) is 10.6. The van der Waals surface area contributed by atoms with E-state index in [-0.39, 0.29) is 51.2 Å². The number of alkyl halides is 3. The third-order valence-electron chi connectivity index (χ3n) is 5.69. The highest BCUT2D eigenvalue weighted by Gasteiger charge is 2.39. The average molecular weight is 528 g/mol. The van der Waals surface area contributed by atoms with Gasteiger partial charge in [0.05, 0.1) is 29.3 Å². The zero-order chi connectivity index (χ0) is 25.3. The molecule has 4 atom stereocenters. The second-order valence-corrected chi connectivity index (χ2v) is 9.78. The molecule has 1 fully saturated rings. The number of nitrogens with one attached hydrogen (secondary N) is 1. The molecular weight excluding hydrogens is 507 g/mol. The fourth-order valence-corrected chi connectivity index (χ4v) is 4.79. The van der Waals surface area contributed by atoms with Crippen LogP contribution in [0.25, 0.3) is 0 Å². The molecule has 1 aliphatic rings. The number of anilines is 1. The number of benzene rings is 1. The van der Waals surface area contributed by atoms with Crippen LogP contribution in [0.15, 0.2) is 47.9 Å². The van der Waals surface area contributed by atoms with Gasteiger partial charge < -0.3 is 15.5 Å². The van der Waals surface area contributed by atoms with Gasteiger partial charge in [-0.1, -0.05) is 24.6 Å². The van der Waals surface area contributed by atoms with E-state index in [1.54, 1.807) is 6.07 Å². The highest BCUT2D eigenvalue weighted by molar-refractivity contribution is 8.00. The standard InChI is InChI=1S/C22H21ClF3N5O3S/c1-11-6-16(20(34)18(11)32)29-21-13(8-27-10-28-21)19(33)15-4-5-31(30-15)9-12-2-3-14(23)17(7-12)35-22(24,25)26/h2-5,7-8,10-11,16,18,20,32,34H,6,9H2,1H3,(H,27,28,29)/t11-,16-,18-,20+/m1/s1. The minimum Gasteiger partial charge on any atom is -0.390 e. The third kappa shape index (κ3) is 5.95. The van der Waals surface area contributed by atoms with Gasteiger partial charge in [0, 0.05) is 17.3 Å². The Morgan fingerprint density at radius 2 is 2.06 bits per heavy atom. The van der Waals surface area contributed by atoms with Crippen molar-refractivity contribution in [2.45, 2.75) is 48.5 Å². The summed E-state index contributed by atoms with van der Waals surface area (Å²) in [5, 5.41) is 27.5. The normalized spacial score (nSPS) is 22.4. The Bertz CT molecular complexity index is 1230. The lowest BCUT2D eigenvalue weighted by Gasteiger charge is -2.19. The summed E-state index contributed by atoms with van der Waals surface area (Å²) in [6.45, 7) is 1.94. The Morgan fingerprint density at radius 1 is 1.29 bits per heavy atom. The molecule has 13 heteroatoms. The van der Waals surface area contributed by atoms with E-state index in [2.05, 4.69) is 20.4 Å². The van der Waals surface area contributed by atoms with Crippen molar-refractivity contribution < 1.29 is 28.2 Å². The first kappa shape index (κ1) is 25.4. The minimum atomic E-state index is -4.47. The number of hydrogen-bond acceptors (Lipinski definition) is 8. The maximum Gasteiger partial charge on any atom is 0.446 e. The molecule has 0 radical (unpaired) electrons. The number of thioether (sulfide) groups is 1. The molecule has 4 rings (SSSR count). The van der Waals surface area contributed by atoms with Crippen LogP contribution in [0.5, 0.6) is 0 Å². The molecule has 0 spiro atoms. The minimum absolute atomic E-state index is 0.00851. The molecule has 35 heavy (non-hydrogen) atoms. The Hall–Kier alpha value is -2.67. The summed E-state index contributed by atoms with van der Waals surface area (Å²) in [6.07, 6.45) is 2.72. The monoisotopic (exact) mass is 527 g/mol. The SMILES string of the molecule is C[C@@H]1C[C@@H](Nc2ncncc2C(=O)c2ccn(Cc3ccc(Cl)c(SC(F)(F)F)c3)n2)[C@H](O)[C@@H]1O. The van der Waals surface area contributed by atoms with Crippen molar-refractivity contribution in [1.82, 2.24) is 19.7 Å². The predicted octanol–water partition coefficient (Wildman–Crippen LogP) is 3.76. The van der Waals surface area contributed by atoms with Gasteiger partial charge in [-0.05, 0) is 47.9 Å². The van der Waals surface area contributed by atoms with E-state index < -0.39 is 29.5 Å². The molecule has 8 nitrogen and oxygen atoms in total. The third-order valence-corrected chi connectivity index (χ3v) is 6.92. The van der Waals surface area contributed by atoms with Gasteiger partial charge in [0.15, 0.2) is 0 Å². The van der Waals surface area contributed by atoms with E-state index in [9.17, 15) is 28.2 Å². The Balaban J connectivity index is 1.50. The second kappa shape index (κ2) is 10.1. The fourth-order valence-electron chi connectivity index (χ4n) is 3.93. The number of nitrogens with zero attached hydrogens (tertiary/aromatic N) is 4. The summed E-state index contributed by atoms with van der Waals surface area (Å²) in [5.74, 6) is -0.393. The first-order valence-corrected chi connectivity index (χ1v) is 11.8. The lowest BCUT2D eigenvalue weighted by molar-refractivity contribution is -0.0328. The van der Waals surface area contributed by atoms with E-state index >= 15 is 0 Å². The van der Waals surface area contributed by atoms with Crippen molar-refractivity contribution >= 4 is 35.0 Å². The molecule has 3 aromatic rings. The molecule has 2 heterocycles. The Morgan fingerprint density at radius 3 is 2.74 bits per heavy atom. The summed E-state index contributed by atoms with van der Waals surface area (Å²) in [5.41, 5.74) is -3.73. The number of rotatable bonds is 7. The molecule has 2 aromatic heterocycles. The van der Waals surface area contributed by atoms with Gasteiger partial charge in [-0.25, -0.2) is 9.97 Å². The van der Waals surface area contributed by atoms with Crippen LogP contribution in [0, 0.1) is 5.92 Å². The number of halogens is 4. The van der Waals surface area contributed by atoms with Crippen LogP contribution in [0.4, 0.5) is 19.0 Å². The smallest absolute Gasteiger partial charge is 0.390 e. The maximum absolute atomic E-state index is 13.1. The van der Waals surface area contributed by atoms with Crippen LogP contribution in [-0.2, 0) is 6.54 Å². The molecule has 1 aromatic carbocycles. The van der Waals surface area contributed by atoms with Crippen molar-refractivity contribution in [1.29, 1.82) is 0 Å². The zero-order valence-electron chi connectivity index (χ0n) is 18.3. The van der Waals surface area contributed by atoms with Gasteiger partial charge in [0.2, 0.25) is 5.78 Å². The first-order chi connectivity index (χ1) is 16.5. The van der Waals surface area contributed by atoms with Crippen molar-refractivity contribution in [3.05, 3.63) is 64.8 Å². The van der Waals surface area contributed by atoms with E-state index in [1.807, 2.05) is 6.92 Å². The largest absolute Gasteiger partial charge is 0.446 e. The Kier molecular flexibility index (Phi) is 7.36. The number of aliphatic hydroxyl groups excluding tert-OH is 2. The lowest BCUT2D eigenvalue weighted by Crippen LogP contribution is -2.35. The number of carbonyl (C=O) groups excluding carboxylic acids is 1. The molecule has 186 valence electrons. The van der Waals surface area contributed by atoms with Gasteiger partial charge in [-0.2, -0.15) is 18.3 Å². The summed E-state index contributed by atoms with van der Waals surface area (Å²) in [7, 11) is 0. The Labute approximate surface area is 207 Å². The molecule has 0 bridgehead atoms. The van der Waals surface area contributed by atoms with Crippen LogP contribution >= 0.6 is 23.4 Å². The van der Waals surface area contributed by atoms with Gasteiger partial charge in [-0.15, -0.1) is 0 Å². The molecule has 3 N–H and O–H groups in total. The molecule has 0 unspecified atom stereocenters. The highest BCUT2D eigenvalue weighted by Crippen LogP contribution is 2.40. The van der Waals surface area contributed by atoms with Crippen LogP contribution in [-0.4, -0.2) is 59.5 Å². The molecule has 0 aliphatic heterocycles. The fraction of sp³-hybridized carbons (Fsp3) is 0.364. The number of aromatic nitrogens is 4. The number of aliphatic hydroxyl groups is 2. The number of carbonyl (C=O) groups is 1. The lowest BCUT2D eigenvalue weighted by atomic mass is 10.1. The van der Waals surface area contributed by atoms with Crippen molar-refractivity contribution in [2.75, 3.05) is 5.32 Å². The van der Waals surface area contributed by atoms with Gasteiger partial charge in [0.25, 0.3) is 0 Å². The van der Waals surface area contributed by atoms with Crippen LogP contribution in [0.3, 0.4) is 0 Å². The average Bonchev–Trinajstić information content (AvgIpc) is 3.35. The second-order valence-electron chi connectivity index (χ2n) is 8.27. The molecule has 1 saturated carbocycles. The van der Waals surface area contributed by atoms with E-state index in [1.165, 1.54) is 41.6 Å². The van der Waals surface area contributed by atoms with E-state index in [0.717, 1.165) is 0 Å². The summed E-state index contributed by atoms with van der Waals surface area (Å²) in [4.78, 5) is 21.0. The van der Waals surface area contributed by atoms with Crippen LogP contribution in [0.2, 0.25) is 5.02 Å². The zero-order valence-corrected chi connectivity index (χ0v) is 19.8. The summed E-state index contributed by atoms with van der Waals surface area (Å²) in [6, 6.07) is 5.29. The van der Waals surface area contributed by atoms with E-state index in [0.29, 0.717) is 12.0 Å². The van der Waals surface area contributed by atoms with Gasteiger partial charge in [-0.3, -0.25) is 9.48 Å². The topological polar surface area (TPSA) is 113 Å². The molecule has 0 saturated heterocycles. The van der Waals surface area contributed by atoms with Crippen LogP contribution < -0.4 is 5.32 Å². The van der Waals surface area contributed by atoms with Crippen molar-refractivity contribution in [3.8, 4) is 0 Å². The molecule has 0 amide bonds. The number of hydrogen-bond donors (Lipinski definition) is 3. The van der Waals surface area contributed by atoms with Crippen LogP contribution in [0.1, 0.15) is 35.0 Å². The van der Waals surface area contributed by atoms with Crippen molar-refractivity contribution in [3.63, 3.8) is 0 Å². The summed E-state index contributed by atoms with van der Waals surface area (Å²) >= 11 is 5.59. The molecular formula is C22H21ClF3N5O3S.